The molecule has 4 heteroatoms. The van der Waals surface area contributed by atoms with Gasteiger partial charge in [-0.2, -0.15) is 0 Å². The molecule has 0 spiro atoms. The summed E-state index contributed by atoms with van der Waals surface area (Å²) < 4.78 is 14.3. The normalized spacial score (nSPS) is 16.1. The number of benzene rings is 1. The Bertz CT molecular complexity index is 616. The Labute approximate surface area is 104 Å². The van der Waals surface area contributed by atoms with Gasteiger partial charge in [0.2, 0.25) is 0 Å². The quantitative estimate of drug-likeness (QED) is 0.634. The van der Waals surface area contributed by atoms with Crippen LogP contribution in [0.4, 0.5) is 10.1 Å². The van der Waals surface area contributed by atoms with Gasteiger partial charge in [-0.05, 0) is 0 Å². The summed E-state index contributed by atoms with van der Waals surface area (Å²) in [6, 6.07) is 8.30. The first-order chi connectivity index (χ1) is 8.24. The summed E-state index contributed by atoms with van der Waals surface area (Å²) >= 11 is 0.281. The number of halogens is 1. The minimum atomic E-state index is -0.324. The van der Waals surface area contributed by atoms with E-state index < -0.39 is 0 Å². The summed E-state index contributed by atoms with van der Waals surface area (Å²) in [6.45, 7) is 0. The van der Waals surface area contributed by atoms with E-state index in [1.54, 1.807) is 6.07 Å². The first-order valence-corrected chi connectivity index (χ1v) is 6.95. The summed E-state index contributed by atoms with van der Waals surface area (Å²) in [5.41, 5.74) is 1.89. The van der Waals surface area contributed by atoms with Gasteiger partial charge in [0.15, 0.2) is 0 Å². The van der Waals surface area contributed by atoms with Crippen LogP contribution in [-0.4, -0.2) is 20.4 Å². The molecule has 1 amide bonds. The Balaban J connectivity index is 2.13. The van der Waals surface area contributed by atoms with E-state index >= 15 is 0 Å². The zero-order chi connectivity index (χ0) is 11.8. The van der Waals surface area contributed by atoms with Crippen LogP contribution in [0.3, 0.4) is 0 Å². The third-order valence-electron chi connectivity index (χ3n) is 2.59. The number of hydrogen-bond donors (Lipinski definition) is 1. The van der Waals surface area contributed by atoms with Gasteiger partial charge in [0.05, 0.1) is 0 Å². The van der Waals surface area contributed by atoms with Gasteiger partial charge in [0, 0.05) is 0 Å². The molecular weight excluding hydrogens is 284 g/mol. The maximum absolute atomic E-state index is 13.2. The van der Waals surface area contributed by atoms with Gasteiger partial charge in [0.1, 0.15) is 0 Å². The average molecular weight is 292 g/mol. The monoisotopic (exact) mass is 293 g/mol. The second-order valence-corrected chi connectivity index (χ2v) is 5.77. The summed E-state index contributed by atoms with van der Waals surface area (Å²) in [5, 5.41) is 2.73. The van der Waals surface area contributed by atoms with Crippen molar-refractivity contribution in [1.82, 2.24) is 0 Å². The first kappa shape index (κ1) is 10.5. The van der Waals surface area contributed by atoms with Gasteiger partial charge < -0.3 is 0 Å². The average Bonchev–Trinajstić information content (AvgIpc) is 2.90. The van der Waals surface area contributed by atoms with Crippen LogP contribution < -0.4 is 5.32 Å². The second kappa shape index (κ2) is 3.99. The van der Waals surface area contributed by atoms with Crippen LogP contribution in [0.2, 0.25) is 0 Å². The van der Waals surface area contributed by atoms with Crippen molar-refractivity contribution in [1.29, 1.82) is 0 Å². The van der Waals surface area contributed by atoms with Crippen molar-refractivity contribution in [2.24, 2.45) is 0 Å². The molecule has 0 aliphatic carbocycles. The van der Waals surface area contributed by atoms with Crippen LogP contribution in [0, 0.1) is 5.82 Å². The molecule has 1 N–H and O–H groups in total. The number of anilines is 1. The van der Waals surface area contributed by atoms with Crippen molar-refractivity contribution in [3.8, 4) is 0 Å². The van der Waals surface area contributed by atoms with Gasteiger partial charge >= 0.3 is 103 Å². The van der Waals surface area contributed by atoms with E-state index in [0.717, 1.165) is 4.44 Å². The number of fused-ring (bicyclic) bond motifs is 1. The molecule has 84 valence electrons. The fourth-order valence-electron chi connectivity index (χ4n) is 1.82. The predicted octanol–water partition coefficient (Wildman–Crippen LogP) is 2.38. The van der Waals surface area contributed by atoms with E-state index in [4.69, 9.17) is 0 Å². The third-order valence-corrected chi connectivity index (χ3v) is 4.31. The number of rotatable bonds is 1. The third kappa shape index (κ3) is 1.86. The minimum absolute atomic E-state index is 0.158. The van der Waals surface area contributed by atoms with Crippen LogP contribution in [0.1, 0.15) is 10.0 Å². The number of nitrogens with one attached hydrogen (secondary N) is 1. The molecule has 1 aliphatic heterocycles. The zero-order valence-corrected chi connectivity index (χ0v) is 10.4. The summed E-state index contributed by atoms with van der Waals surface area (Å²) in [5.74, 6) is -0.482. The topological polar surface area (TPSA) is 29.1 Å². The first-order valence-electron chi connectivity index (χ1n) is 5.10. The van der Waals surface area contributed by atoms with E-state index in [1.807, 2.05) is 18.2 Å². The van der Waals surface area contributed by atoms with E-state index in [1.165, 1.54) is 12.1 Å². The molecule has 0 atom stereocenters. The molecule has 1 aliphatic rings. The Morgan fingerprint density at radius 3 is 2.94 bits per heavy atom. The van der Waals surface area contributed by atoms with Gasteiger partial charge in [-0.3, -0.25) is 0 Å². The Hall–Kier alpha value is -1.64. The summed E-state index contributed by atoms with van der Waals surface area (Å²) in [7, 11) is 0. The van der Waals surface area contributed by atoms with Gasteiger partial charge in [-0.15, -0.1) is 0 Å². The van der Waals surface area contributed by atoms with Crippen molar-refractivity contribution in [2.75, 3.05) is 5.32 Å². The maximum atomic E-state index is 13.2. The predicted molar refractivity (Wildman–Crippen MR) is 66.3 cm³/mol. The Kier molecular flexibility index (Phi) is 2.46. The number of amides is 1. The molecule has 17 heavy (non-hydrogen) atoms. The van der Waals surface area contributed by atoms with Crippen molar-refractivity contribution >= 4 is 37.7 Å². The molecule has 0 saturated carbocycles. The van der Waals surface area contributed by atoms with Crippen LogP contribution in [0.25, 0.3) is 11.6 Å². The number of carbonyl (C=O) groups excluding carboxylic acids is 1. The molecule has 2 heterocycles. The van der Waals surface area contributed by atoms with Crippen molar-refractivity contribution in [2.45, 2.75) is 0 Å². The molecule has 2 nitrogen and oxygen atoms in total. The van der Waals surface area contributed by atoms with Gasteiger partial charge in [-0.25, -0.2) is 0 Å². The molecule has 1 aromatic heterocycles. The van der Waals surface area contributed by atoms with Crippen LogP contribution >= 0.6 is 0 Å². The molecule has 0 saturated heterocycles. The molecule has 0 unspecified atom stereocenters. The van der Waals surface area contributed by atoms with Crippen LogP contribution in [-0.2, 0) is 4.79 Å². The Morgan fingerprint density at radius 2 is 2.18 bits per heavy atom. The van der Waals surface area contributed by atoms with Gasteiger partial charge in [-0.1, -0.05) is 0 Å². The second-order valence-electron chi connectivity index (χ2n) is 3.72. The van der Waals surface area contributed by atoms with Gasteiger partial charge in [0.25, 0.3) is 0 Å². The van der Waals surface area contributed by atoms with E-state index in [9.17, 15) is 9.18 Å². The van der Waals surface area contributed by atoms with E-state index in [-0.39, 0.29) is 26.2 Å². The SMILES string of the molecule is O=C1Nc2ccc(F)cc2C1=Cc1ccc[se]1. The van der Waals surface area contributed by atoms with Crippen molar-refractivity contribution in [3.63, 3.8) is 0 Å². The standard InChI is InChI=1S/C13H8FNOSe/c14-8-3-4-12-10(6-8)11(13(16)15-12)7-9-2-1-5-17-9/h1-7H,(H,15,16). The molecular formula is C13H8FNOSe. The van der Waals surface area contributed by atoms with Crippen molar-refractivity contribution < 1.29 is 9.18 Å². The molecule has 0 bridgehead atoms. The van der Waals surface area contributed by atoms with E-state index in [0.29, 0.717) is 16.8 Å². The zero-order valence-electron chi connectivity index (χ0n) is 8.74. The molecule has 0 radical (unpaired) electrons. The molecule has 1 aromatic carbocycles. The van der Waals surface area contributed by atoms with Crippen LogP contribution in [0.15, 0.2) is 35.3 Å². The summed E-state index contributed by atoms with van der Waals surface area (Å²) in [4.78, 5) is 13.9. The number of carbonyl (C=O) groups is 1. The fraction of sp³-hybridized carbons (Fsp3) is 0. The Morgan fingerprint density at radius 1 is 1.29 bits per heavy atom. The van der Waals surface area contributed by atoms with Crippen molar-refractivity contribution in [3.05, 3.63) is 51.1 Å². The van der Waals surface area contributed by atoms with Crippen LogP contribution in [0.5, 0.6) is 0 Å². The molecule has 2 aromatic rings. The number of hydrogen-bond acceptors (Lipinski definition) is 1. The fourth-order valence-corrected chi connectivity index (χ4v) is 3.20. The summed E-state index contributed by atoms with van der Waals surface area (Å²) in [6.07, 6.45) is 1.85. The molecule has 3 rings (SSSR count). The van der Waals surface area contributed by atoms with E-state index in [2.05, 4.69) is 10.3 Å². The molecule has 0 fully saturated rings.